The lowest BCUT2D eigenvalue weighted by molar-refractivity contribution is -0.223. The Labute approximate surface area is 259 Å². The first kappa shape index (κ1) is 28.7. The van der Waals surface area contributed by atoms with Crippen LogP contribution in [0, 0.1) is 0 Å². The second kappa shape index (κ2) is 11.1. The van der Waals surface area contributed by atoms with Crippen LogP contribution in [0.25, 0.3) is 6.08 Å². The van der Waals surface area contributed by atoms with Crippen molar-refractivity contribution >= 4 is 18.0 Å². The number of ether oxygens (including phenoxy) is 3. The summed E-state index contributed by atoms with van der Waals surface area (Å²) in [5.41, 5.74) is 3.24. The van der Waals surface area contributed by atoms with Gasteiger partial charge in [0.15, 0.2) is 11.5 Å². The molecule has 4 aliphatic rings. The number of benzene rings is 3. The Morgan fingerprint density at radius 2 is 1.80 bits per heavy atom. The van der Waals surface area contributed by atoms with E-state index in [1.54, 1.807) is 13.2 Å². The van der Waals surface area contributed by atoms with Crippen molar-refractivity contribution in [1.29, 1.82) is 0 Å². The molecule has 1 spiro atoms. The van der Waals surface area contributed by atoms with E-state index < -0.39 is 11.0 Å². The number of esters is 1. The molecule has 0 N–H and O–H groups in total. The van der Waals surface area contributed by atoms with Crippen molar-refractivity contribution < 1.29 is 23.8 Å². The van der Waals surface area contributed by atoms with Gasteiger partial charge in [-0.3, -0.25) is 14.5 Å². The van der Waals surface area contributed by atoms with Crippen LogP contribution in [0.5, 0.6) is 11.5 Å². The van der Waals surface area contributed by atoms with E-state index in [0.717, 1.165) is 49.2 Å². The number of carbonyl (C=O) groups excluding carboxylic acids is 2. The molecule has 2 fully saturated rings. The Bertz CT molecular complexity index is 1590. The largest absolute Gasteiger partial charge is 0.493 e. The van der Waals surface area contributed by atoms with Gasteiger partial charge in [-0.2, -0.15) is 0 Å². The number of piperidine rings is 1. The van der Waals surface area contributed by atoms with Gasteiger partial charge >= 0.3 is 5.97 Å². The van der Waals surface area contributed by atoms with Crippen molar-refractivity contribution in [3.63, 3.8) is 0 Å². The quantitative estimate of drug-likeness (QED) is 0.265. The Hall–Kier alpha value is -4.10. The monoisotopic (exact) mass is 592 g/mol. The molecule has 2 bridgehead atoms. The minimum absolute atomic E-state index is 0.00161. The third-order valence-corrected chi connectivity index (χ3v) is 10.6. The fraction of sp³-hybridized carbons (Fsp3) is 0.405. The van der Waals surface area contributed by atoms with Crippen LogP contribution in [0.2, 0.25) is 0 Å². The molecule has 0 aromatic heterocycles. The zero-order valence-corrected chi connectivity index (χ0v) is 25.7. The highest BCUT2D eigenvalue weighted by atomic mass is 16.6. The van der Waals surface area contributed by atoms with Crippen LogP contribution in [0.3, 0.4) is 0 Å². The van der Waals surface area contributed by atoms with Crippen molar-refractivity contribution in [2.45, 2.75) is 68.2 Å². The minimum Gasteiger partial charge on any atom is -0.493 e. The number of carbonyl (C=O) groups is 2. The highest BCUT2D eigenvalue weighted by Crippen LogP contribution is 2.67. The molecule has 1 saturated carbocycles. The molecule has 5 atom stereocenters. The Kier molecular flexibility index (Phi) is 7.24. The third-order valence-electron chi connectivity index (χ3n) is 10.6. The maximum Gasteiger partial charge on any atom is 0.303 e. The second-order valence-electron chi connectivity index (χ2n) is 12.7. The lowest BCUT2D eigenvalue weighted by Gasteiger charge is -2.65. The lowest BCUT2D eigenvalue weighted by Crippen LogP contribution is -2.79. The molecule has 1 saturated heterocycles. The highest BCUT2D eigenvalue weighted by Gasteiger charge is 2.75. The molecule has 0 radical (unpaired) electrons. The average Bonchev–Trinajstić information content (AvgIpc) is 3.39. The van der Waals surface area contributed by atoms with Gasteiger partial charge in [0.25, 0.3) is 0 Å². The van der Waals surface area contributed by atoms with E-state index in [2.05, 4.69) is 35.2 Å². The van der Waals surface area contributed by atoms with Gasteiger partial charge in [0.2, 0.25) is 5.91 Å². The van der Waals surface area contributed by atoms with E-state index in [0.29, 0.717) is 18.6 Å². The molecular weight excluding hydrogens is 552 g/mol. The normalized spacial score (nSPS) is 28.2. The standard InChI is InChI=1S/C37H40N2O5/c1-25(40)44-37-20-18-29(38(2)32(41)17-14-26-10-6-4-7-11-26)35-36(37)21-23-39(22-19-27-12-8-5-9-13-27)31(37)24-28-15-16-30(42-3)34(43-35)33(28)36/h4-17,29,31,35H,18-24H2,1-3H3/t29-,31+,35-,36-,37+/m0/s1. The van der Waals surface area contributed by atoms with E-state index in [4.69, 9.17) is 14.2 Å². The SMILES string of the molecule is COc1ccc2c3c1O[C@H]1[C@@H](N(C)C(=O)C=Cc4ccccc4)CC[C@@]4(OC(C)=O)[C@@H](C2)N(CCc2ccccc2)CC[C@]314. The Morgan fingerprint density at radius 1 is 1.05 bits per heavy atom. The van der Waals surface area contributed by atoms with Gasteiger partial charge in [-0.15, -0.1) is 0 Å². The lowest BCUT2D eigenvalue weighted by atomic mass is 9.48. The molecule has 0 unspecified atom stereocenters. The number of amides is 1. The van der Waals surface area contributed by atoms with Crippen molar-refractivity contribution in [2.24, 2.45) is 0 Å². The zero-order chi connectivity index (χ0) is 30.5. The van der Waals surface area contributed by atoms with Crippen molar-refractivity contribution in [2.75, 3.05) is 27.2 Å². The van der Waals surface area contributed by atoms with Crippen LogP contribution in [0.15, 0.2) is 78.9 Å². The predicted molar refractivity (Wildman–Crippen MR) is 169 cm³/mol. The van der Waals surface area contributed by atoms with Crippen molar-refractivity contribution in [3.05, 3.63) is 101 Å². The first-order valence-corrected chi connectivity index (χ1v) is 15.7. The molecule has 3 aromatic rings. The smallest absolute Gasteiger partial charge is 0.303 e. The Balaban J connectivity index is 1.29. The van der Waals surface area contributed by atoms with Gasteiger partial charge in [-0.05, 0) is 67.5 Å². The van der Waals surface area contributed by atoms with Gasteiger partial charge < -0.3 is 19.1 Å². The van der Waals surface area contributed by atoms with Crippen LogP contribution in [-0.2, 0) is 32.6 Å². The second-order valence-corrected chi connectivity index (χ2v) is 12.7. The summed E-state index contributed by atoms with van der Waals surface area (Å²) in [5, 5.41) is 0. The first-order chi connectivity index (χ1) is 21.4. The summed E-state index contributed by atoms with van der Waals surface area (Å²) in [4.78, 5) is 31.0. The summed E-state index contributed by atoms with van der Waals surface area (Å²) in [6.45, 7) is 3.26. The van der Waals surface area contributed by atoms with Crippen LogP contribution in [0.4, 0.5) is 0 Å². The number of hydrogen-bond donors (Lipinski definition) is 0. The summed E-state index contributed by atoms with van der Waals surface area (Å²) in [5.74, 6) is 1.09. The molecule has 228 valence electrons. The fourth-order valence-corrected chi connectivity index (χ4v) is 8.78. The fourth-order valence-electron chi connectivity index (χ4n) is 8.78. The number of methoxy groups -OCH3 is 1. The molecule has 44 heavy (non-hydrogen) atoms. The third kappa shape index (κ3) is 4.35. The molecule has 3 aromatic carbocycles. The van der Waals surface area contributed by atoms with E-state index in [1.165, 1.54) is 18.1 Å². The average molecular weight is 593 g/mol. The molecule has 2 aliphatic heterocycles. The van der Waals surface area contributed by atoms with Crippen molar-refractivity contribution in [1.82, 2.24) is 9.80 Å². The van der Waals surface area contributed by atoms with E-state index in [1.807, 2.05) is 60.5 Å². The molecule has 1 amide bonds. The number of likely N-dealkylation sites (tertiary alicyclic amines) is 1. The molecule has 2 heterocycles. The summed E-state index contributed by atoms with van der Waals surface area (Å²) < 4.78 is 19.4. The van der Waals surface area contributed by atoms with Gasteiger partial charge in [-0.25, -0.2) is 0 Å². The first-order valence-electron chi connectivity index (χ1n) is 15.7. The van der Waals surface area contributed by atoms with Crippen LogP contribution < -0.4 is 9.47 Å². The maximum atomic E-state index is 13.6. The van der Waals surface area contributed by atoms with Gasteiger partial charge in [0.05, 0.1) is 24.6 Å². The zero-order valence-electron chi connectivity index (χ0n) is 25.7. The Morgan fingerprint density at radius 3 is 2.52 bits per heavy atom. The minimum atomic E-state index is -0.774. The molecule has 7 heteroatoms. The molecular formula is C37H40N2O5. The molecule has 2 aliphatic carbocycles. The number of hydrogen-bond acceptors (Lipinski definition) is 6. The van der Waals surface area contributed by atoms with E-state index in [-0.39, 0.29) is 30.1 Å². The van der Waals surface area contributed by atoms with Crippen LogP contribution in [0.1, 0.15) is 48.4 Å². The molecule has 7 nitrogen and oxygen atoms in total. The number of nitrogens with zero attached hydrogens (tertiary/aromatic N) is 2. The van der Waals surface area contributed by atoms with E-state index in [9.17, 15) is 9.59 Å². The summed E-state index contributed by atoms with van der Waals surface area (Å²) in [7, 11) is 3.54. The number of likely N-dealkylation sites (N-methyl/N-ethyl adjacent to an activating group) is 1. The predicted octanol–water partition coefficient (Wildman–Crippen LogP) is 5.20. The van der Waals surface area contributed by atoms with Crippen molar-refractivity contribution in [3.8, 4) is 11.5 Å². The highest BCUT2D eigenvalue weighted by molar-refractivity contribution is 5.92. The van der Waals surface area contributed by atoms with Crippen LogP contribution >= 0.6 is 0 Å². The summed E-state index contributed by atoms with van der Waals surface area (Å²) in [6, 6.07) is 24.4. The van der Waals surface area contributed by atoms with E-state index >= 15 is 0 Å². The van der Waals surface area contributed by atoms with Gasteiger partial charge in [0.1, 0.15) is 11.7 Å². The summed E-state index contributed by atoms with van der Waals surface area (Å²) in [6.07, 6.45) is 6.90. The molecule has 7 rings (SSSR count). The summed E-state index contributed by atoms with van der Waals surface area (Å²) >= 11 is 0. The maximum absolute atomic E-state index is 13.6. The van der Waals surface area contributed by atoms with Gasteiger partial charge in [-0.1, -0.05) is 66.7 Å². The van der Waals surface area contributed by atoms with Gasteiger partial charge in [0, 0.05) is 32.2 Å². The number of rotatable bonds is 8. The van der Waals surface area contributed by atoms with Crippen LogP contribution in [-0.4, -0.2) is 72.7 Å². The topological polar surface area (TPSA) is 68.3 Å².